The topological polar surface area (TPSA) is 73.3 Å². The Morgan fingerprint density at radius 2 is 1.55 bits per heavy atom. The normalized spacial score (nSPS) is 10.4. The number of ether oxygens (including phenoxy) is 2. The summed E-state index contributed by atoms with van der Waals surface area (Å²) in [7, 11) is 1.62. The molecule has 29 heavy (non-hydrogen) atoms. The van der Waals surface area contributed by atoms with Gasteiger partial charge in [0.25, 0.3) is 5.91 Å². The van der Waals surface area contributed by atoms with Crippen molar-refractivity contribution in [2.75, 3.05) is 12.4 Å². The van der Waals surface area contributed by atoms with Gasteiger partial charge in [-0.05, 0) is 60.7 Å². The van der Waals surface area contributed by atoms with E-state index in [1.807, 2.05) is 24.3 Å². The van der Waals surface area contributed by atoms with Crippen molar-refractivity contribution in [1.82, 2.24) is 9.97 Å². The summed E-state index contributed by atoms with van der Waals surface area (Å²) in [5.41, 5.74) is 1.97. The van der Waals surface area contributed by atoms with E-state index < -0.39 is 0 Å². The molecule has 6 nitrogen and oxygen atoms in total. The third kappa shape index (κ3) is 4.59. The van der Waals surface area contributed by atoms with Crippen molar-refractivity contribution in [3.8, 4) is 27.8 Å². The van der Waals surface area contributed by atoms with Gasteiger partial charge >= 0.3 is 0 Å². The first-order valence-electron chi connectivity index (χ1n) is 8.80. The van der Waals surface area contributed by atoms with E-state index in [2.05, 4.69) is 15.3 Å². The van der Waals surface area contributed by atoms with Gasteiger partial charge in [0, 0.05) is 29.0 Å². The molecule has 0 saturated carbocycles. The average molecular weight is 403 g/mol. The summed E-state index contributed by atoms with van der Waals surface area (Å²) in [5, 5.41) is 5.37. The minimum atomic E-state index is -0.260. The van der Waals surface area contributed by atoms with Crippen LogP contribution in [0.4, 0.5) is 5.69 Å². The number of aromatic nitrogens is 2. The third-order valence-electron chi connectivity index (χ3n) is 4.07. The Labute approximate surface area is 171 Å². The van der Waals surface area contributed by atoms with Gasteiger partial charge in [-0.2, -0.15) is 0 Å². The van der Waals surface area contributed by atoms with E-state index >= 15 is 0 Å². The number of nitrogens with one attached hydrogen (secondary N) is 1. The van der Waals surface area contributed by atoms with Gasteiger partial charge < -0.3 is 14.8 Å². The molecule has 0 saturated heterocycles. The van der Waals surface area contributed by atoms with E-state index in [0.717, 1.165) is 16.3 Å². The Kier molecular flexibility index (Phi) is 5.49. The smallest absolute Gasteiger partial charge is 0.275 e. The highest BCUT2D eigenvalue weighted by Crippen LogP contribution is 2.26. The predicted octanol–water partition coefficient (Wildman–Crippen LogP) is 5.26. The molecule has 0 aliphatic rings. The van der Waals surface area contributed by atoms with Gasteiger partial charge in [-0.1, -0.05) is 0 Å². The lowest BCUT2D eigenvalue weighted by molar-refractivity contribution is 0.102. The molecular formula is C22H17N3O3S. The average Bonchev–Trinajstić information content (AvgIpc) is 3.26. The molecule has 0 aliphatic carbocycles. The highest BCUT2D eigenvalue weighted by molar-refractivity contribution is 7.13. The van der Waals surface area contributed by atoms with E-state index in [0.29, 0.717) is 22.9 Å². The number of rotatable bonds is 6. The van der Waals surface area contributed by atoms with Gasteiger partial charge in [0.05, 0.1) is 7.11 Å². The largest absolute Gasteiger partial charge is 0.497 e. The molecule has 4 rings (SSSR count). The summed E-state index contributed by atoms with van der Waals surface area (Å²) in [6.07, 6.45) is 3.33. The molecule has 0 spiro atoms. The van der Waals surface area contributed by atoms with Gasteiger partial charge in [-0.15, -0.1) is 11.3 Å². The minimum absolute atomic E-state index is 0.260. The first kappa shape index (κ1) is 18.6. The molecule has 4 aromatic rings. The van der Waals surface area contributed by atoms with Crippen LogP contribution in [0.1, 0.15) is 10.5 Å². The summed E-state index contributed by atoms with van der Waals surface area (Å²) in [6.45, 7) is 0. The summed E-state index contributed by atoms with van der Waals surface area (Å²) >= 11 is 1.42. The quantitative estimate of drug-likeness (QED) is 0.475. The van der Waals surface area contributed by atoms with Crippen LogP contribution in [-0.4, -0.2) is 23.0 Å². The molecule has 7 heteroatoms. The first-order chi connectivity index (χ1) is 14.2. The van der Waals surface area contributed by atoms with E-state index in [-0.39, 0.29) is 5.91 Å². The van der Waals surface area contributed by atoms with Gasteiger partial charge in [-0.25, -0.2) is 4.98 Å². The highest BCUT2D eigenvalue weighted by Gasteiger charge is 2.12. The number of hydrogen-bond donors (Lipinski definition) is 1. The van der Waals surface area contributed by atoms with Gasteiger partial charge in [0.15, 0.2) is 0 Å². The number of hydrogen-bond acceptors (Lipinski definition) is 6. The van der Waals surface area contributed by atoms with Gasteiger partial charge in [-0.3, -0.25) is 9.78 Å². The Morgan fingerprint density at radius 3 is 2.24 bits per heavy atom. The molecule has 2 aromatic heterocycles. The maximum atomic E-state index is 12.5. The molecule has 1 N–H and O–H groups in total. The van der Waals surface area contributed by atoms with Crippen molar-refractivity contribution in [1.29, 1.82) is 0 Å². The van der Waals surface area contributed by atoms with Crippen molar-refractivity contribution in [2.45, 2.75) is 0 Å². The second-order valence-electron chi connectivity index (χ2n) is 6.03. The molecule has 0 unspecified atom stereocenters. The number of nitrogens with zero attached hydrogens (tertiary/aromatic N) is 2. The zero-order valence-electron chi connectivity index (χ0n) is 15.5. The summed E-state index contributed by atoms with van der Waals surface area (Å²) in [6, 6.07) is 18.3. The SMILES string of the molecule is COc1ccc(-c2nc(C(=O)Nc3ccc(Oc4ccncc4)cc3)cs2)cc1. The van der Waals surface area contributed by atoms with Crippen molar-refractivity contribution < 1.29 is 14.3 Å². The zero-order valence-corrected chi connectivity index (χ0v) is 16.3. The molecule has 0 fully saturated rings. The maximum absolute atomic E-state index is 12.5. The van der Waals surface area contributed by atoms with Crippen LogP contribution >= 0.6 is 11.3 Å². The monoisotopic (exact) mass is 403 g/mol. The molecule has 1 amide bonds. The molecule has 0 bridgehead atoms. The zero-order chi connectivity index (χ0) is 20.1. The Bertz CT molecular complexity index is 1090. The van der Waals surface area contributed by atoms with Crippen LogP contribution in [0.5, 0.6) is 17.2 Å². The Morgan fingerprint density at radius 1 is 0.897 bits per heavy atom. The van der Waals surface area contributed by atoms with Crippen LogP contribution in [0, 0.1) is 0 Å². The van der Waals surface area contributed by atoms with E-state index in [4.69, 9.17) is 9.47 Å². The first-order valence-corrected chi connectivity index (χ1v) is 9.68. The molecule has 2 aromatic carbocycles. The summed E-state index contributed by atoms with van der Waals surface area (Å²) in [5.74, 6) is 1.89. The Balaban J connectivity index is 1.41. The van der Waals surface area contributed by atoms with Crippen molar-refractivity contribution in [3.05, 3.63) is 84.1 Å². The molecule has 144 valence electrons. The van der Waals surface area contributed by atoms with Crippen LogP contribution in [0.15, 0.2) is 78.4 Å². The second kappa shape index (κ2) is 8.53. The third-order valence-corrected chi connectivity index (χ3v) is 4.96. The fourth-order valence-electron chi connectivity index (χ4n) is 2.59. The highest BCUT2D eigenvalue weighted by atomic mass is 32.1. The van der Waals surface area contributed by atoms with Crippen LogP contribution in [0.25, 0.3) is 10.6 Å². The van der Waals surface area contributed by atoms with Crippen molar-refractivity contribution >= 4 is 22.9 Å². The molecule has 0 radical (unpaired) electrons. The summed E-state index contributed by atoms with van der Waals surface area (Å²) in [4.78, 5) is 20.9. The predicted molar refractivity (Wildman–Crippen MR) is 113 cm³/mol. The number of carbonyl (C=O) groups excluding carboxylic acids is 1. The molecule has 2 heterocycles. The number of thiazole rings is 1. The van der Waals surface area contributed by atoms with Crippen molar-refractivity contribution in [3.63, 3.8) is 0 Å². The number of benzene rings is 2. The minimum Gasteiger partial charge on any atom is -0.497 e. The van der Waals surface area contributed by atoms with E-state index in [9.17, 15) is 4.79 Å². The number of carbonyl (C=O) groups is 1. The molecular weight excluding hydrogens is 386 g/mol. The lowest BCUT2D eigenvalue weighted by Gasteiger charge is -2.07. The van der Waals surface area contributed by atoms with Crippen LogP contribution < -0.4 is 14.8 Å². The van der Waals surface area contributed by atoms with Crippen LogP contribution in [0.2, 0.25) is 0 Å². The Hall–Kier alpha value is -3.71. The van der Waals surface area contributed by atoms with E-state index in [1.165, 1.54) is 11.3 Å². The number of anilines is 1. The standard InChI is InChI=1S/C22H17N3O3S/c1-27-17-6-2-15(3-7-17)22-25-20(14-29-22)21(26)24-16-4-8-18(9-5-16)28-19-10-12-23-13-11-19/h2-14H,1H3,(H,24,26). The molecule has 0 aliphatic heterocycles. The van der Waals surface area contributed by atoms with Gasteiger partial charge in [0.2, 0.25) is 0 Å². The number of methoxy groups -OCH3 is 1. The number of pyridine rings is 1. The fraction of sp³-hybridized carbons (Fsp3) is 0.0455. The van der Waals surface area contributed by atoms with Crippen LogP contribution in [0.3, 0.4) is 0 Å². The maximum Gasteiger partial charge on any atom is 0.275 e. The summed E-state index contributed by atoms with van der Waals surface area (Å²) < 4.78 is 10.9. The van der Waals surface area contributed by atoms with E-state index in [1.54, 1.807) is 61.3 Å². The lowest BCUT2D eigenvalue weighted by atomic mass is 10.2. The van der Waals surface area contributed by atoms with Crippen LogP contribution in [-0.2, 0) is 0 Å². The number of amides is 1. The fourth-order valence-corrected chi connectivity index (χ4v) is 3.39. The molecule has 0 atom stereocenters. The lowest BCUT2D eigenvalue weighted by Crippen LogP contribution is -2.12. The second-order valence-corrected chi connectivity index (χ2v) is 6.89. The van der Waals surface area contributed by atoms with Gasteiger partial charge in [0.1, 0.15) is 28.0 Å². The van der Waals surface area contributed by atoms with Crippen molar-refractivity contribution in [2.24, 2.45) is 0 Å².